The van der Waals surface area contributed by atoms with E-state index in [-0.39, 0.29) is 0 Å². The SMILES string of the molecule is CCC1CC(C)CN(C)S(N(C)C)(N(C)C)N(C)C1. The Morgan fingerprint density at radius 1 is 1.00 bits per heavy atom. The van der Waals surface area contributed by atoms with Crippen molar-refractivity contribution in [3.05, 3.63) is 0 Å². The molecule has 0 spiro atoms. The average molecular weight is 291 g/mol. The normalized spacial score (nSPS) is 32.3. The Morgan fingerprint density at radius 3 is 1.89 bits per heavy atom. The van der Waals surface area contributed by atoms with Gasteiger partial charge in [0.1, 0.15) is 0 Å². The first-order valence-corrected chi connectivity index (χ1v) is 8.83. The second kappa shape index (κ2) is 6.76. The smallest absolute Gasteiger partial charge is 0.0133 e. The maximum absolute atomic E-state index is 2.59. The summed E-state index contributed by atoms with van der Waals surface area (Å²) in [6, 6.07) is 0. The molecule has 0 amide bonds. The van der Waals surface area contributed by atoms with Crippen molar-refractivity contribution in [1.29, 1.82) is 0 Å². The van der Waals surface area contributed by atoms with Crippen LogP contribution in [0.5, 0.6) is 0 Å². The van der Waals surface area contributed by atoms with Crippen LogP contribution in [0.15, 0.2) is 0 Å². The van der Waals surface area contributed by atoms with E-state index < -0.39 is 10.8 Å². The fraction of sp³-hybridized carbons (Fsp3) is 1.00. The van der Waals surface area contributed by atoms with Crippen molar-refractivity contribution in [2.75, 3.05) is 55.4 Å². The molecule has 4 nitrogen and oxygen atoms in total. The summed E-state index contributed by atoms with van der Waals surface area (Å²) in [7, 11) is 12.3. The van der Waals surface area contributed by atoms with Gasteiger partial charge in [0, 0.05) is 13.1 Å². The highest BCUT2D eigenvalue weighted by Crippen LogP contribution is 2.57. The highest BCUT2D eigenvalue weighted by Gasteiger charge is 2.40. The van der Waals surface area contributed by atoms with Crippen LogP contribution in [0.4, 0.5) is 0 Å². The summed E-state index contributed by atoms with van der Waals surface area (Å²) in [5.74, 6) is 1.59. The van der Waals surface area contributed by atoms with E-state index in [9.17, 15) is 0 Å². The van der Waals surface area contributed by atoms with Gasteiger partial charge in [-0.05, 0) is 71.3 Å². The van der Waals surface area contributed by atoms with Gasteiger partial charge in [-0.2, -0.15) is 0 Å². The van der Waals surface area contributed by atoms with Crippen LogP contribution >= 0.6 is 10.8 Å². The van der Waals surface area contributed by atoms with Crippen molar-refractivity contribution in [1.82, 2.24) is 17.2 Å². The third-order valence-corrected chi connectivity index (χ3v) is 8.14. The summed E-state index contributed by atoms with van der Waals surface area (Å²) in [6.07, 6.45) is 2.64. The minimum atomic E-state index is -1.19. The molecule has 1 heterocycles. The van der Waals surface area contributed by atoms with Crippen LogP contribution in [-0.4, -0.2) is 72.6 Å². The third-order valence-electron chi connectivity index (χ3n) is 4.21. The van der Waals surface area contributed by atoms with Crippen molar-refractivity contribution in [3.63, 3.8) is 0 Å². The van der Waals surface area contributed by atoms with E-state index in [0.717, 1.165) is 11.8 Å². The molecular formula is C14H34N4S. The second-order valence-corrected chi connectivity index (χ2v) is 10.0. The molecule has 1 rings (SSSR count). The summed E-state index contributed by atoms with van der Waals surface area (Å²) in [6.45, 7) is 7.10. The molecule has 2 atom stereocenters. The number of rotatable bonds is 3. The fourth-order valence-electron chi connectivity index (χ4n) is 3.70. The van der Waals surface area contributed by atoms with Crippen LogP contribution in [0, 0.1) is 11.8 Å². The largest absolute Gasteiger partial charge is 0.239 e. The van der Waals surface area contributed by atoms with Crippen LogP contribution in [0.3, 0.4) is 0 Å². The molecule has 0 N–H and O–H groups in total. The summed E-state index contributed by atoms with van der Waals surface area (Å²) < 4.78 is 9.99. The monoisotopic (exact) mass is 290 g/mol. The maximum Gasteiger partial charge on any atom is 0.0133 e. The Hall–Kier alpha value is 0.190. The topological polar surface area (TPSA) is 13.0 Å². The molecule has 0 aromatic carbocycles. The summed E-state index contributed by atoms with van der Waals surface area (Å²) in [5.41, 5.74) is 0. The van der Waals surface area contributed by atoms with Crippen molar-refractivity contribution >= 4 is 10.8 Å². The Labute approximate surface area is 122 Å². The first-order valence-electron chi connectivity index (χ1n) is 7.37. The van der Waals surface area contributed by atoms with Crippen LogP contribution in [-0.2, 0) is 0 Å². The van der Waals surface area contributed by atoms with E-state index in [1.165, 1.54) is 25.9 Å². The fourth-order valence-corrected chi connectivity index (χ4v) is 7.92. The van der Waals surface area contributed by atoms with E-state index >= 15 is 0 Å². The Bertz CT molecular complexity index is 275. The quantitative estimate of drug-likeness (QED) is 0.792. The van der Waals surface area contributed by atoms with Gasteiger partial charge in [-0.3, -0.25) is 0 Å². The van der Waals surface area contributed by atoms with Gasteiger partial charge in [-0.15, -0.1) is 0 Å². The highest BCUT2D eigenvalue weighted by atomic mass is 32.3. The van der Waals surface area contributed by atoms with E-state index in [1.807, 2.05) is 0 Å². The highest BCUT2D eigenvalue weighted by molar-refractivity contribution is 8.25. The lowest BCUT2D eigenvalue weighted by Gasteiger charge is -2.61. The zero-order valence-corrected chi connectivity index (χ0v) is 15.0. The molecule has 1 fully saturated rings. The summed E-state index contributed by atoms with van der Waals surface area (Å²) in [4.78, 5) is 0. The standard InChI is InChI=1S/C14H34N4S/c1-9-14-10-13(2)11-17(7)19(15(3)4,16(5)6)18(8)12-14/h13-14H,9-12H2,1-8H3. The molecule has 1 aliphatic heterocycles. The molecule has 0 aromatic rings. The predicted molar refractivity (Wildman–Crippen MR) is 87.8 cm³/mol. The predicted octanol–water partition coefficient (Wildman–Crippen LogP) is 2.50. The van der Waals surface area contributed by atoms with Gasteiger partial charge in [-0.1, -0.05) is 20.3 Å². The van der Waals surface area contributed by atoms with Gasteiger partial charge in [0.2, 0.25) is 0 Å². The van der Waals surface area contributed by atoms with Crippen LogP contribution < -0.4 is 0 Å². The first kappa shape index (κ1) is 17.2. The van der Waals surface area contributed by atoms with Crippen molar-refractivity contribution in [3.8, 4) is 0 Å². The van der Waals surface area contributed by atoms with Crippen molar-refractivity contribution < 1.29 is 0 Å². The Morgan fingerprint density at radius 2 is 1.47 bits per heavy atom. The average Bonchev–Trinajstić information content (AvgIpc) is 2.25. The van der Waals surface area contributed by atoms with E-state index in [0.29, 0.717) is 0 Å². The lowest BCUT2D eigenvalue weighted by Crippen LogP contribution is -2.53. The molecule has 0 aromatic heterocycles. The summed E-state index contributed by atoms with van der Waals surface area (Å²) in [5, 5.41) is 0. The van der Waals surface area contributed by atoms with E-state index in [2.05, 4.69) is 73.4 Å². The first-order chi connectivity index (χ1) is 8.76. The van der Waals surface area contributed by atoms with Crippen molar-refractivity contribution in [2.45, 2.75) is 26.7 Å². The Balaban J connectivity index is 3.15. The minimum absolute atomic E-state index is 0.774. The molecule has 19 heavy (non-hydrogen) atoms. The van der Waals surface area contributed by atoms with Gasteiger partial charge in [0.25, 0.3) is 0 Å². The molecular weight excluding hydrogens is 256 g/mol. The molecule has 116 valence electrons. The molecule has 0 saturated carbocycles. The lowest BCUT2D eigenvalue weighted by molar-refractivity contribution is 0.243. The van der Waals surface area contributed by atoms with Gasteiger partial charge < -0.3 is 0 Å². The van der Waals surface area contributed by atoms with Gasteiger partial charge in [0.05, 0.1) is 0 Å². The molecule has 0 aliphatic carbocycles. The van der Waals surface area contributed by atoms with Crippen LogP contribution in [0.25, 0.3) is 0 Å². The van der Waals surface area contributed by atoms with E-state index in [4.69, 9.17) is 0 Å². The number of nitrogens with zero attached hydrogens (tertiary/aromatic N) is 4. The van der Waals surface area contributed by atoms with Crippen LogP contribution in [0.1, 0.15) is 26.7 Å². The zero-order valence-electron chi connectivity index (χ0n) is 14.2. The number of hydrogen-bond donors (Lipinski definition) is 0. The third kappa shape index (κ3) is 3.27. The molecule has 1 saturated heterocycles. The maximum atomic E-state index is 2.59. The zero-order chi connectivity index (χ0) is 14.8. The van der Waals surface area contributed by atoms with E-state index in [1.54, 1.807) is 0 Å². The second-order valence-electron chi connectivity index (χ2n) is 6.35. The number of hydrogen-bond acceptors (Lipinski definition) is 4. The molecule has 0 bridgehead atoms. The lowest BCUT2D eigenvalue weighted by atomic mass is 9.93. The van der Waals surface area contributed by atoms with Crippen molar-refractivity contribution in [2.24, 2.45) is 11.8 Å². The van der Waals surface area contributed by atoms with Crippen LogP contribution in [0.2, 0.25) is 0 Å². The molecule has 0 radical (unpaired) electrons. The van der Waals surface area contributed by atoms with Gasteiger partial charge in [0.15, 0.2) is 0 Å². The van der Waals surface area contributed by atoms with Gasteiger partial charge in [-0.25, -0.2) is 17.2 Å². The Kier molecular flexibility index (Phi) is 6.14. The molecule has 1 aliphatic rings. The van der Waals surface area contributed by atoms with Gasteiger partial charge >= 0.3 is 0 Å². The summed E-state index contributed by atoms with van der Waals surface area (Å²) >= 11 is 0. The molecule has 2 unspecified atom stereocenters. The minimum Gasteiger partial charge on any atom is -0.239 e. The molecule has 5 heteroatoms.